The number of benzene rings is 1. The van der Waals surface area contributed by atoms with Crippen LogP contribution in [-0.4, -0.2) is 22.1 Å². The van der Waals surface area contributed by atoms with Gasteiger partial charge in [-0.05, 0) is 42.0 Å². The average molecular weight is 332 g/mol. The average Bonchev–Trinajstić information content (AvgIpc) is 3.11. The van der Waals surface area contributed by atoms with Crippen LogP contribution in [-0.2, 0) is 6.54 Å². The second-order valence-corrected chi connectivity index (χ2v) is 5.50. The summed E-state index contributed by atoms with van der Waals surface area (Å²) in [5, 5.41) is 3.28. The molecule has 0 fully saturated rings. The number of fused-ring (bicyclic) bond motifs is 1. The molecule has 0 aliphatic carbocycles. The SMILES string of the molecule is COc1ccc(NCc2ccc3oc(-c4cccnc4)nc3c2)nc1. The van der Waals surface area contributed by atoms with Crippen molar-refractivity contribution in [2.24, 2.45) is 0 Å². The smallest absolute Gasteiger partial charge is 0.228 e. The van der Waals surface area contributed by atoms with Crippen LogP contribution >= 0.6 is 0 Å². The predicted molar refractivity (Wildman–Crippen MR) is 95.4 cm³/mol. The van der Waals surface area contributed by atoms with Crippen molar-refractivity contribution < 1.29 is 9.15 Å². The second kappa shape index (κ2) is 6.60. The van der Waals surface area contributed by atoms with Gasteiger partial charge in [-0.25, -0.2) is 9.97 Å². The Kier molecular flexibility index (Phi) is 4.00. The summed E-state index contributed by atoms with van der Waals surface area (Å²) in [4.78, 5) is 12.9. The predicted octanol–water partition coefficient (Wildman–Crippen LogP) is 3.91. The Labute approximate surface area is 144 Å². The molecule has 25 heavy (non-hydrogen) atoms. The van der Waals surface area contributed by atoms with Crippen LogP contribution in [0.5, 0.6) is 5.75 Å². The van der Waals surface area contributed by atoms with Gasteiger partial charge in [0.25, 0.3) is 0 Å². The highest BCUT2D eigenvalue weighted by Gasteiger charge is 2.09. The minimum Gasteiger partial charge on any atom is -0.495 e. The number of anilines is 1. The highest BCUT2D eigenvalue weighted by atomic mass is 16.5. The van der Waals surface area contributed by atoms with E-state index in [0.29, 0.717) is 12.4 Å². The summed E-state index contributed by atoms with van der Waals surface area (Å²) in [7, 11) is 1.62. The van der Waals surface area contributed by atoms with Gasteiger partial charge in [0.05, 0.1) is 18.9 Å². The molecule has 0 radical (unpaired) electrons. The lowest BCUT2D eigenvalue weighted by Crippen LogP contribution is -2.01. The van der Waals surface area contributed by atoms with Crippen LogP contribution in [0, 0.1) is 0 Å². The monoisotopic (exact) mass is 332 g/mol. The number of rotatable bonds is 5. The number of aromatic nitrogens is 3. The van der Waals surface area contributed by atoms with Gasteiger partial charge in [-0.3, -0.25) is 4.98 Å². The molecule has 1 aromatic carbocycles. The van der Waals surface area contributed by atoms with Crippen molar-refractivity contribution in [2.75, 3.05) is 12.4 Å². The normalized spacial score (nSPS) is 10.8. The Morgan fingerprint density at radius 3 is 2.84 bits per heavy atom. The Balaban J connectivity index is 1.52. The van der Waals surface area contributed by atoms with Crippen LogP contribution in [0.25, 0.3) is 22.6 Å². The first-order valence-electron chi connectivity index (χ1n) is 7.85. The van der Waals surface area contributed by atoms with Crippen molar-refractivity contribution in [3.63, 3.8) is 0 Å². The summed E-state index contributed by atoms with van der Waals surface area (Å²) in [5.41, 5.74) is 3.53. The van der Waals surface area contributed by atoms with E-state index in [9.17, 15) is 0 Å². The Morgan fingerprint density at radius 1 is 1.12 bits per heavy atom. The minimum absolute atomic E-state index is 0.574. The number of ether oxygens (including phenoxy) is 1. The highest BCUT2D eigenvalue weighted by molar-refractivity contribution is 5.76. The summed E-state index contributed by atoms with van der Waals surface area (Å²) in [6.07, 6.45) is 5.15. The Bertz CT molecular complexity index is 981. The molecule has 124 valence electrons. The van der Waals surface area contributed by atoms with Gasteiger partial charge in [0.15, 0.2) is 5.58 Å². The standard InChI is InChI=1S/C19H16N4O2/c1-24-15-5-7-18(22-12-15)21-10-13-4-6-17-16(9-13)23-19(25-17)14-3-2-8-20-11-14/h2-9,11-12H,10H2,1H3,(H,21,22). The first kappa shape index (κ1) is 15.1. The zero-order valence-corrected chi connectivity index (χ0v) is 13.6. The lowest BCUT2D eigenvalue weighted by Gasteiger charge is -2.06. The van der Waals surface area contributed by atoms with Crippen molar-refractivity contribution in [3.8, 4) is 17.2 Å². The van der Waals surface area contributed by atoms with E-state index in [2.05, 4.69) is 20.3 Å². The summed E-state index contributed by atoms with van der Waals surface area (Å²) in [5.74, 6) is 2.10. The molecule has 0 aliphatic rings. The molecule has 0 aliphatic heterocycles. The summed E-state index contributed by atoms with van der Waals surface area (Å²) in [6.45, 7) is 0.643. The Hall–Kier alpha value is -3.41. The molecule has 6 heteroatoms. The maximum absolute atomic E-state index is 5.80. The molecule has 3 aromatic heterocycles. The molecular formula is C19H16N4O2. The first-order valence-corrected chi connectivity index (χ1v) is 7.85. The fraction of sp³-hybridized carbons (Fsp3) is 0.105. The quantitative estimate of drug-likeness (QED) is 0.597. The zero-order chi connectivity index (χ0) is 17.1. The molecule has 4 aromatic rings. The van der Waals surface area contributed by atoms with Gasteiger partial charge in [0.1, 0.15) is 17.1 Å². The second-order valence-electron chi connectivity index (χ2n) is 5.50. The first-order chi connectivity index (χ1) is 12.3. The number of oxazole rings is 1. The fourth-order valence-corrected chi connectivity index (χ4v) is 2.49. The van der Waals surface area contributed by atoms with Crippen molar-refractivity contribution in [1.82, 2.24) is 15.0 Å². The Morgan fingerprint density at radius 2 is 2.08 bits per heavy atom. The lowest BCUT2D eigenvalue weighted by molar-refractivity contribution is 0.413. The molecular weight excluding hydrogens is 316 g/mol. The lowest BCUT2D eigenvalue weighted by atomic mass is 10.2. The van der Waals surface area contributed by atoms with E-state index >= 15 is 0 Å². The molecule has 0 bridgehead atoms. The van der Waals surface area contributed by atoms with Crippen LogP contribution in [0.3, 0.4) is 0 Å². The van der Waals surface area contributed by atoms with Gasteiger partial charge in [-0.2, -0.15) is 0 Å². The van der Waals surface area contributed by atoms with Gasteiger partial charge in [0, 0.05) is 18.9 Å². The van der Waals surface area contributed by atoms with E-state index < -0.39 is 0 Å². The van der Waals surface area contributed by atoms with Crippen LogP contribution in [0.15, 0.2) is 65.5 Å². The van der Waals surface area contributed by atoms with Gasteiger partial charge in [0.2, 0.25) is 5.89 Å². The van der Waals surface area contributed by atoms with E-state index in [1.54, 1.807) is 25.7 Å². The third-order valence-corrected chi connectivity index (χ3v) is 3.81. The van der Waals surface area contributed by atoms with E-state index in [-0.39, 0.29) is 0 Å². The number of nitrogens with one attached hydrogen (secondary N) is 1. The number of methoxy groups -OCH3 is 1. The zero-order valence-electron chi connectivity index (χ0n) is 13.6. The number of pyridine rings is 2. The third kappa shape index (κ3) is 3.28. The number of nitrogens with zero attached hydrogens (tertiary/aromatic N) is 3. The van der Waals surface area contributed by atoms with Gasteiger partial charge in [-0.15, -0.1) is 0 Å². The van der Waals surface area contributed by atoms with E-state index in [1.807, 2.05) is 42.5 Å². The molecule has 0 saturated carbocycles. The summed E-state index contributed by atoms with van der Waals surface area (Å²) < 4.78 is 10.9. The molecule has 0 amide bonds. The maximum Gasteiger partial charge on any atom is 0.228 e. The fourth-order valence-electron chi connectivity index (χ4n) is 2.49. The van der Waals surface area contributed by atoms with Crippen molar-refractivity contribution >= 4 is 16.9 Å². The molecule has 4 rings (SSSR count). The number of hydrogen-bond acceptors (Lipinski definition) is 6. The molecule has 1 N–H and O–H groups in total. The molecule has 0 unspecified atom stereocenters. The van der Waals surface area contributed by atoms with Gasteiger partial charge >= 0.3 is 0 Å². The van der Waals surface area contributed by atoms with E-state index in [4.69, 9.17) is 9.15 Å². The molecule has 0 saturated heterocycles. The largest absolute Gasteiger partial charge is 0.495 e. The molecule has 0 spiro atoms. The molecule has 3 heterocycles. The molecule has 6 nitrogen and oxygen atoms in total. The van der Waals surface area contributed by atoms with Gasteiger partial charge < -0.3 is 14.5 Å². The van der Waals surface area contributed by atoms with Crippen LogP contribution < -0.4 is 10.1 Å². The van der Waals surface area contributed by atoms with Crippen LogP contribution in [0.1, 0.15) is 5.56 Å². The van der Waals surface area contributed by atoms with Crippen LogP contribution in [0.2, 0.25) is 0 Å². The van der Waals surface area contributed by atoms with Crippen LogP contribution in [0.4, 0.5) is 5.82 Å². The third-order valence-electron chi connectivity index (χ3n) is 3.81. The van der Waals surface area contributed by atoms with Crippen molar-refractivity contribution in [2.45, 2.75) is 6.54 Å². The molecule has 0 atom stereocenters. The van der Waals surface area contributed by atoms with Crippen molar-refractivity contribution in [3.05, 3.63) is 66.6 Å². The highest BCUT2D eigenvalue weighted by Crippen LogP contribution is 2.24. The maximum atomic E-state index is 5.80. The van der Waals surface area contributed by atoms with Gasteiger partial charge in [-0.1, -0.05) is 6.07 Å². The minimum atomic E-state index is 0.574. The topological polar surface area (TPSA) is 73.1 Å². The van der Waals surface area contributed by atoms with E-state index in [1.165, 1.54) is 0 Å². The van der Waals surface area contributed by atoms with E-state index in [0.717, 1.165) is 33.8 Å². The summed E-state index contributed by atoms with van der Waals surface area (Å²) in [6, 6.07) is 13.5. The summed E-state index contributed by atoms with van der Waals surface area (Å²) >= 11 is 0. The number of hydrogen-bond donors (Lipinski definition) is 1. The van der Waals surface area contributed by atoms with Crippen molar-refractivity contribution in [1.29, 1.82) is 0 Å².